The first-order valence-corrected chi connectivity index (χ1v) is 6.69. The smallest absolute Gasteiger partial charge is 0.228 e. The summed E-state index contributed by atoms with van der Waals surface area (Å²) in [6.45, 7) is 0. The van der Waals surface area contributed by atoms with E-state index in [-0.39, 0.29) is 11.6 Å². The third-order valence-electron chi connectivity index (χ3n) is 2.77. The molecule has 0 amide bonds. The molecule has 0 aliphatic carbocycles. The van der Waals surface area contributed by atoms with Gasteiger partial charge in [-0.15, -0.1) is 0 Å². The Labute approximate surface area is 119 Å². The summed E-state index contributed by atoms with van der Waals surface area (Å²) in [5, 5.41) is 7.08. The molecule has 0 aromatic carbocycles. The van der Waals surface area contributed by atoms with Crippen LogP contribution in [0.1, 0.15) is 37.9 Å². The van der Waals surface area contributed by atoms with Gasteiger partial charge in [0.25, 0.3) is 0 Å². The molecule has 1 heterocycles. The highest BCUT2D eigenvalue weighted by atomic mass is 16.1. The van der Waals surface area contributed by atoms with Gasteiger partial charge < -0.3 is 10.6 Å². The van der Waals surface area contributed by atoms with Crippen LogP contribution in [0.25, 0.3) is 0 Å². The van der Waals surface area contributed by atoms with Gasteiger partial charge in [0.05, 0.1) is 5.84 Å². The molecule has 0 spiro atoms. The Morgan fingerprint density at radius 2 is 1.95 bits per heavy atom. The molecule has 1 rings (SSSR count). The van der Waals surface area contributed by atoms with Crippen LogP contribution in [0.4, 0.5) is 5.95 Å². The van der Waals surface area contributed by atoms with E-state index >= 15 is 0 Å². The maximum Gasteiger partial charge on any atom is 0.228 e. The van der Waals surface area contributed by atoms with Gasteiger partial charge in [0.2, 0.25) is 5.95 Å². The van der Waals surface area contributed by atoms with E-state index in [1.54, 1.807) is 0 Å². The van der Waals surface area contributed by atoms with Gasteiger partial charge in [0, 0.05) is 39.8 Å². The summed E-state index contributed by atoms with van der Waals surface area (Å²) in [5.74, 6) is 1.68. The van der Waals surface area contributed by atoms with Crippen LogP contribution in [0.3, 0.4) is 0 Å². The lowest BCUT2D eigenvalue weighted by Gasteiger charge is -2.09. The van der Waals surface area contributed by atoms with Crippen molar-refractivity contribution in [3.8, 4) is 0 Å². The number of carbonyl (C=O) groups excluding carboxylic acids is 1. The van der Waals surface area contributed by atoms with E-state index < -0.39 is 0 Å². The average molecular weight is 278 g/mol. The van der Waals surface area contributed by atoms with Crippen LogP contribution >= 0.6 is 0 Å². The first-order valence-electron chi connectivity index (χ1n) is 6.69. The molecule has 0 bridgehead atoms. The van der Waals surface area contributed by atoms with Crippen molar-refractivity contribution in [2.45, 2.75) is 38.5 Å². The van der Waals surface area contributed by atoms with Gasteiger partial charge in [0.15, 0.2) is 0 Å². The molecular weight excluding hydrogens is 256 g/mol. The Morgan fingerprint density at radius 3 is 2.60 bits per heavy atom. The molecule has 1 aromatic heterocycles. The molecule has 3 N–H and O–H groups in total. The standard InChI is InChI=1S/C13H22N6O/c1-19(2)13-17-9-16-12(18-13)8-4-6-10(20)5-3-7-11(14)15/h9H,3-8H2,1-2H3,(H3,14,15). The van der Waals surface area contributed by atoms with E-state index in [2.05, 4.69) is 15.0 Å². The number of amidine groups is 1. The minimum atomic E-state index is 0.138. The van der Waals surface area contributed by atoms with Crippen LogP contribution in [0, 0.1) is 5.41 Å². The topological polar surface area (TPSA) is 109 Å². The van der Waals surface area contributed by atoms with Crippen molar-refractivity contribution < 1.29 is 4.79 Å². The number of hydrogen-bond acceptors (Lipinski definition) is 6. The summed E-state index contributed by atoms with van der Waals surface area (Å²) in [4.78, 5) is 25.9. The Bertz CT molecular complexity index is 460. The Kier molecular flexibility index (Phi) is 6.55. The molecule has 0 aliphatic rings. The summed E-state index contributed by atoms with van der Waals surface area (Å²) in [7, 11) is 3.75. The predicted octanol–water partition coefficient (Wildman–Crippen LogP) is 0.936. The van der Waals surface area contributed by atoms with Crippen LogP contribution in [0.2, 0.25) is 0 Å². The van der Waals surface area contributed by atoms with Gasteiger partial charge in [-0.2, -0.15) is 4.98 Å². The fourth-order valence-electron chi connectivity index (χ4n) is 1.70. The lowest BCUT2D eigenvalue weighted by atomic mass is 10.1. The van der Waals surface area contributed by atoms with E-state index in [0.717, 1.165) is 6.42 Å². The lowest BCUT2D eigenvalue weighted by molar-refractivity contribution is -0.119. The molecule has 7 heteroatoms. The quantitative estimate of drug-likeness (QED) is 0.514. The molecule has 0 fully saturated rings. The van der Waals surface area contributed by atoms with Crippen molar-refractivity contribution in [2.24, 2.45) is 5.73 Å². The number of anilines is 1. The SMILES string of the molecule is CN(C)c1ncnc(CCCC(=O)CCCC(=N)N)n1. The average Bonchev–Trinajstić information content (AvgIpc) is 2.38. The van der Waals surface area contributed by atoms with Gasteiger partial charge in [-0.1, -0.05) is 0 Å². The number of rotatable bonds is 9. The summed E-state index contributed by atoms with van der Waals surface area (Å²) in [6.07, 6.45) is 5.04. The number of nitrogens with two attached hydrogens (primary N) is 1. The Morgan fingerprint density at radius 1 is 1.25 bits per heavy atom. The minimum absolute atomic E-state index is 0.138. The van der Waals surface area contributed by atoms with Crippen molar-refractivity contribution in [3.63, 3.8) is 0 Å². The van der Waals surface area contributed by atoms with Crippen molar-refractivity contribution in [1.29, 1.82) is 5.41 Å². The normalized spacial score (nSPS) is 10.3. The summed E-state index contributed by atoms with van der Waals surface area (Å²) in [5.41, 5.74) is 5.24. The van der Waals surface area contributed by atoms with Crippen molar-refractivity contribution >= 4 is 17.6 Å². The molecule has 0 aliphatic heterocycles. The van der Waals surface area contributed by atoms with Crippen molar-refractivity contribution in [1.82, 2.24) is 15.0 Å². The Balaban J connectivity index is 2.28. The lowest BCUT2D eigenvalue weighted by Crippen LogP contribution is -2.14. The van der Waals surface area contributed by atoms with Crippen LogP contribution in [-0.2, 0) is 11.2 Å². The van der Waals surface area contributed by atoms with Crippen molar-refractivity contribution in [3.05, 3.63) is 12.2 Å². The summed E-state index contributed by atoms with van der Waals surface area (Å²) >= 11 is 0. The fourth-order valence-corrected chi connectivity index (χ4v) is 1.70. The van der Waals surface area contributed by atoms with Gasteiger partial charge >= 0.3 is 0 Å². The maximum absolute atomic E-state index is 11.6. The zero-order valence-electron chi connectivity index (χ0n) is 12.1. The van der Waals surface area contributed by atoms with Gasteiger partial charge in [-0.3, -0.25) is 10.2 Å². The molecule has 0 saturated heterocycles. The zero-order valence-corrected chi connectivity index (χ0v) is 12.1. The second-order valence-electron chi connectivity index (χ2n) is 4.87. The number of hydrogen-bond donors (Lipinski definition) is 2. The van der Waals surface area contributed by atoms with Crippen LogP contribution in [-0.4, -0.2) is 40.7 Å². The maximum atomic E-state index is 11.6. The highest BCUT2D eigenvalue weighted by Crippen LogP contribution is 2.06. The third kappa shape index (κ3) is 6.21. The number of ketones is 1. The van der Waals surface area contributed by atoms with E-state index in [9.17, 15) is 4.79 Å². The van der Waals surface area contributed by atoms with E-state index in [1.807, 2.05) is 19.0 Å². The van der Waals surface area contributed by atoms with Crippen LogP contribution in [0.15, 0.2) is 6.33 Å². The number of carbonyl (C=O) groups is 1. The third-order valence-corrected chi connectivity index (χ3v) is 2.77. The highest BCUT2D eigenvalue weighted by Gasteiger charge is 2.06. The van der Waals surface area contributed by atoms with Crippen LogP contribution < -0.4 is 10.6 Å². The largest absolute Gasteiger partial charge is 0.388 e. The molecule has 0 radical (unpaired) electrons. The number of nitrogens with zero attached hydrogens (tertiary/aromatic N) is 4. The van der Waals surface area contributed by atoms with Gasteiger partial charge in [0.1, 0.15) is 17.9 Å². The molecule has 20 heavy (non-hydrogen) atoms. The number of nitrogens with one attached hydrogen (secondary N) is 1. The van der Waals surface area contributed by atoms with E-state index in [0.29, 0.717) is 43.9 Å². The zero-order chi connectivity index (χ0) is 15.0. The van der Waals surface area contributed by atoms with E-state index in [1.165, 1.54) is 6.33 Å². The van der Waals surface area contributed by atoms with Gasteiger partial charge in [-0.05, 0) is 12.8 Å². The molecule has 0 saturated carbocycles. The van der Waals surface area contributed by atoms with Gasteiger partial charge in [-0.25, -0.2) is 9.97 Å². The molecule has 0 atom stereocenters. The minimum Gasteiger partial charge on any atom is -0.388 e. The molecular formula is C13H22N6O. The molecule has 7 nitrogen and oxygen atoms in total. The Hall–Kier alpha value is -2.05. The molecule has 110 valence electrons. The number of aromatic nitrogens is 3. The second-order valence-corrected chi connectivity index (χ2v) is 4.87. The number of Topliss-reactive ketones (excluding diaryl/α,β-unsaturated/α-hetero) is 1. The monoisotopic (exact) mass is 278 g/mol. The first kappa shape index (κ1) is 16.0. The summed E-state index contributed by atoms with van der Waals surface area (Å²) < 4.78 is 0. The fraction of sp³-hybridized carbons (Fsp3) is 0.615. The number of aryl methyl sites for hydroxylation is 1. The van der Waals surface area contributed by atoms with Crippen molar-refractivity contribution in [2.75, 3.05) is 19.0 Å². The van der Waals surface area contributed by atoms with E-state index in [4.69, 9.17) is 11.1 Å². The predicted molar refractivity (Wildman–Crippen MR) is 77.9 cm³/mol. The molecule has 1 aromatic rings. The van der Waals surface area contributed by atoms with Crippen LogP contribution in [0.5, 0.6) is 0 Å². The second kappa shape index (κ2) is 8.19. The molecule has 0 unspecified atom stereocenters. The first-order chi connectivity index (χ1) is 9.49. The highest BCUT2D eigenvalue weighted by molar-refractivity contribution is 5.80. The summed E-state index contributed by atoms with van der Waals surface area (Å²) in [6, 6.07) is 0.